The first-order chi connectivity index (χ1) is 10.9. The molecule has 0 aliphatic carbocycles. The molecule has 0 bridgehead atoms. The molecule has 23 heavy (non-hydrogen) atoms. The second-order valence-electron chi connectivity index (χ2n) is 4.29. The van der Waals surface area contributed by atoms with Crippen LogP contribution in [0.2, 0.25) is 0 Å². The molecule has 0 N–H and O–H groups in total. The summed E-state index contributed by atoms with van der Waals surface area (Å²) in [4.78, 5) is 32.1. The fourth-order valence-electron chi connectivity index (χ4n) is 1.79. The van der Waals surface area contributed by atoms with Gasteiger partial charge in [0.1, 0.15) is 0 Å². The highest BCUT2D eigenvalue weighted by Crippen LogP contribution is 2.28. The number of nitro groups is 2. The Balaban J connectivity index is 2.38. The maximum atomic E-state index is 12.1. The van der Waals surface area contributed by atoms with Crippen molar-refractivity contribution in [1.29, 1.82) is 0 Å². The molecule has 0 fully saturated rings. The lowest BCUT2D eigenvalue weighted by Gasteiger charge is -2.08. The molecule has 0 aliphatic rings. The molecule has 0 unspecified atom stereocenters. The van der Waals surface area contributed by atoms with Crippen LogP contribution in [0.3, 0.4) is 0 Å². The Morgan fingerprint density at radius 2 is 1.48 bits per heavy atom. The van der Waals surface area contributed by atoms with E-state index in [4.69, 9.17) is 9.47 Å². The van der Waals surface area contributed by atoms with Crippen LogP contribution in [0.4, 0.5) is 11.4 Å². The van der Waals surface area contributed by atoms with Crippen molar-refractivity contribution in [2.75, 3.05) is 7.11 Å². The third-order valence-electron chi connectivity index (χ3n) is 2.83. The quantitative estimate of drug-likeness (QED) is 0.359. The Morgan fingerprint density at radius 3 is 1.96 bits per heavy atom. The van der Waals surface area contributed by atoms with Crippen LogP contribution in [0.25, 0.3) is 0 Å². The number of rotatable bonds is 5. The highest BCUT2D eigenvalue weighted by molar-refractivity contribution is 5.93. The SMILES string of the molecule is COc1ccccc1OC(=O)c1cc([N+](=O)[O-])cc([N+](=O)[O-])c1. The van der Waals surface area contributed by atoms with Crippen LogP contribution in [-0.4, -0.2) is 22.9 Å². The van der Waals surface area contributed by atoms with Crippen LogP contribution in [-0.2, 0) is 0 Å². The Hall–Kier alpha value is -3.49. The summed E-state index contributed by atoms with van der Waals surface area (Å²) in [6.45, 7) is 0. The number of carbonyl (C=O) groups is 1. The second-order valence-corrected chi connectivity index (χ2v) is 4.29. The molecular weight excluding hydrogens is 308 g/mol. The zero-order valence-corrected chi connectivity index (χ0v) is 11.8. The predicted octanol–water partition coefficient (Wildman–Crippen LogP) is 2.73. The molecule has 0 saturated heterocycles. The first-order valence-electron chi connectivity index (χ1n) is 6.21. The molecule has 0 saturated carbocycles. The molecule has 0 heterocycles. The van der Waals surface area contributed by atoms with Gasteiger partial charge in [-0.3, -0.25) is 20.2 Å². The number of non-ortho nitro benzene ring substituents is 2. The van der Waals surface area contributed by atoms with Gasteiger partial charge < -0.3 is 9.47 Å². The minimum Gasteiger partial charge on any atom is -0.493 e. The van der Waals surface area contributed by atoms with Gasteiger partial charge in [0.25, 0.3) is 11.4 Å². The monoisotopic (exact) mass is 318 g/mol. The van der Waals surface area contributed by atoms with Gasteiger partial charge in [0, 0.05) is 12.1 Å². The van der Waals surface area contributed by atoms with E-state index in [1.165, 1.54) is 13.2 Å². The number of methoxy groups -OCH3 is 1. The van der Waals surface area contributed by atoms with Crippen LogP contribution < -0.4 is 9.47 Å². The molecule has 0 aromatic heterocycles. The molecule has 2 rings (SSSR count). The van der Waals surface area contributed by atoms with Crippen LogP contribution in [0.5, 0.6) is 11.5 Å². The Kier molecular flexibility index (Phi) is 4.50. The van der Waals surface area contributed by atoms with Crippen molar-refractivity contribution in [3.63, 3.8) is 0 Å². The molecule has 0 spiro atoms. The fraction of sp³-hybridized carbons (Fsp3) is 0.0714. The van der Waals surface area contributed by atoms with Crippen molar-refractivity contribution in [1.82, 2.24) is 0 Å². The summed E-state index contributed by atoms with van der Waals surface area (Å²) in [5.41, 5.74) is -1.46. The number of para-hydroxylation sites is 2. The van der Waals surface area contributed by atoms with Crippen molar-refractivity contribution in [3.05, 3.63) is 68.3 Å². The average Bonchev–Trinajstić information content (AvgIpc) is 2.54. The number of hydrogen-bond acceptors (Lipinski definition) is 7. The summed E-state index contributed by atoms with van der Waals surface area (Å²) in [5.74, 6) is -0.601. The number of ether oxygens (including phenoxy) is 2. The molecule has 0 amide bonds. The van der Waals surface area contributed by atoms with Crippen molar-refractivity contribution in [2.24, 2.45) is 0 Å². The minimum absolute atomic E-state index is 0.0918. The minimum atomic E-state index is -0.971. The molecule has 2 aromatic rings. The highest BCUT2D eigenvalue weighted by Gasteiger charge is 2.21. The average molecular weight is 318 g/mol. The highest BCUT2D eigenvalue weighted by atomic mass is 16.6. The third-order valence-corrected chi connectivity index (χ3v) is 2.83. The molecule has 9 nitrogen and oxygen atoms in total. The summed E-state index contributed by atoms with van der Waals surface area (Å²) in [5, 5.41) is 21.6. The molecule has 2 aromatic carbocycles. The van der Waals surface area contributed by atoms with E-state index in [0.29, 0.717) is 0 Å². The maximum Gasteiger partial charge on any atom is 0.344 e. The number of esters is 1. The second kappa shape index (κ2) is 6.52. The molecule has 118 valence electrons. The van der Waals surface area contributed by atoms with Crippen LogP contribution in [0.15, 0.2) is 42.5 Å². The number of benzene rings is 2. The Morgan fingerprint density at radius 1 is 0.957 bits per heavy atom. The van der Waals surface area contributed by atoms with Gasteiger partial charge in [0.2, 0.25) is 0 Å². The Labute approximate surface area is 129 Å². The summed E-state index contributed by atoms with van der Waals surface area (Å²) in [6, 6.07) is 8.85. The molecule has 9 heteroatoms. The lowest BCUT2D eigenvalue weighted by Crippen LogP contribution is -2.10. The first-order valence-corrected chi connectivity index (χ1v) is 6.21. The maximum absolute atomic E-state index is 12.1. The summed E-state index contributed by atoms with van der Waals surface area (Å²) < 4.78 is 10.1. The van der Waals surface area contributed by atoms with Crippen LogP contribution in [0.1, 0.15) is 10.4 Å². The summed E-state index contributed by atoms with van der Waals surface area (Å²) >= 11 is 0. The van der Waals surface area contributed by atoms with E-state index < -0.39 is 27.2 Å². The van der Waals surface area contributed by atoms with Crippen LogP contribution in [0, 0.1) is 20.2 Å². The fourth-order valence-corrected chi connectivity index (χ4v) is 1.79. The number of carbonyl (C=O) groups excluding carboxylic acids is 1. The third kappa shape index (κ3) is 3.59. The summed E-state index contributed by atoms with van der Waals surface area (Å²) in [7, 11) is 1.38. The van der Waals surface area contributed by atoms with Crippen molar-refractivity contribution >= 4 is 17.3 Å². The van der Waals surface area contributed by atoms with Gasteiger partial charge in [0.15, 0.2) is 11.5 Å². The van der Waals surface area contributed by atoms with Gasteiger partial charge in [-0.1, -0.05) is 12.1 Å². The van der Waals surface area contributed by atoms with E-state index in [0.717, 1.165) is 18.2 Å². The molecular formula is C14H10N2O7. The largest absolute Gasteiger partial charge is 0.493 e. The lowest BCUT2D eigenvalue weighted by atomic mass is 10.2. The van der Waals surface area contributed by atoms with Gasteiger partial charge >= 0.3 is 5.97 Å². The van der Waals surface area contributed by atoms with Gasteiger partial charge in [-0.25, -0.2) is 4.79 Å². The van der Waals surface area contributed by atoms with Crippen molar-refractivity contribution < 1.29 is 24.1 Å². The number of hydrogen-bond donors (Lipinski definition) is 0. The zero-order chi connectivity index (χ0) is 17.0. The van der Waals surface area contributed by atoms with Crippen molar-refractivity contribution in [3.8, 4) is 11.5 Å². The molecule has 0 radical (unpaired) electrons. The van der Waals surface area contributed by atoms with E-state index >= 15 is 0 Å². The normalized spacial score (nSPS) is 9.96. The number of nitro benzene ring substituents is 2. The smallest absolute Gasteiger partial charge is 0.344 e. The first kappa shape index (κ1) is 15.9. The predicted molar refractivity (Wildman–Crippen MR) is 77.7 cm³/mol. The van der Waals surface area contributed by atoms with E-state index in [1.54, 1.807) is 18.2 Å². The van der Waals surface area contributed by atoms with Crippen LogP contribution >= 0.6 is 0 Å². The van der Waals surface area contributed by atoms with Gasteiger partial charge in [-0.15, -0.1) is 0 Å². The van der Waals surface area contributed by atoms with Crippen molar-refractivity contribution in [2.45, 2.75) is 0 Å². The standard InChI is InChI=1S/C14H10N2O7/c1-22-12-4-2-3-5-13(12)23-14(17)9-6-10(15(18)19)8-11(7-9)16(20)21/h2-8H,1H3. The Bertz CT molecular complexity index is 756. The van der Waals surface area contributed by atoms with E-state index in [1.807, 2.05) is 0 Å². The summed E-state index contributed by atoms with van der Waals surface area (Å²) in [6.07, 6.45) is 0. The molecule has 0 atom stereocenters. The zero-order valence-electron chi connectivity index (χ0n) is 11.8. The number of nitrogens with zero attached hydrogens (tertiary/aromatic N) is 2. The van der Waals surface area contributed by atoms with Gasteiger partial charge in [0.05, 0.1) is 28.6 Å². The topological polar surface area (TPSA) is 122 Å². The lowest BCUT2D eigenvalue weighted by molar-refractivity contribution is -0.394. The van der Waals surface area contributed by atoms with E-state index in [2.05, 4.69) is 0 Å². The molecule has 0 aliphatic heterocycles. The van der Waals surface area contributed by atoms with Gasteiger partial charge in [-0.05, 0) is 12.1 Å². The van der Waals surface area contributed by atoms with Gasteiger partial charge in [-0.2, -0.15) is 0 Å². The van der Waals surface area contributed by atoms with E-state index in [-0.39, 0.29) is 17.1 Å². The van der Waals surface area contributed by atoms with E-state index in [9.17, 15) is 25.0 Å².